The Morgan fingerprint density at radius 1 is 1.20 bits per heavy atom. The van der Waals surface area contributed by atoms with Crippen LogP contribution in [0.5, 0.6) is 5.75 Å². The Kier molecular flexibility index (Phi) is 4.24. The molecule has 0 radical (unpaired) electrons. The van der Waals surface area contributed by atoms with Gasteiger partial charge in [0.05, 0.1) is 7.11 Å². The van der Waals surface area contributed by atoms with E-state index < -0.39 is 0 Å². The summed E-state index contributed by atoms with van der Waals surface area (Å²) in [6.45, 7) is 3.85. The fourth-order valence-electron chi connectivity index (χ4n) is 1.77. The molecule has 0 spiro atoms. The number of hydrogen-bond donors (Lipinski definition) is 2. The lowest BCUT2D eigenvalue weighted by atomic mass is 10.2. The molecular formula is C14H16N4OS. The van der Waals surface area contributed by atoms with E-state index in [1.54, 1.807) is 19.2 Å². The lowest BCUT2D eigenvalue weighted by Gasteiger charge is -2.10. The zero-order valence-corrected chi connectivity index (χ0v) is 12.4. The van der Waals surface area contributed by atoms with E-state index in [-0.39, 0.29) is 5.84 Å². The minimum atomic E-state index is 0.0135. The number of benzene rings is 1. The van der Waals surface area contributed by atoms with Crippen molar-refractivity contribution in [3.8, 4) is 5.75 Å². The van der Waals surface area contributed by atoms with Crippen molar-refractivity contribution in [2.45, 2.75) is 23.9 Å². The van der Waals surface area contributed by atoms with Crippen molar-refractivity contribution < 1.29 is 4.74 Å². The smallest absolute Gasteiger partial charge is 0.192 e. The molecule has 2 aromatic rings. The maximum absolute atomic E-state index is 7.64. The summed E-state index contributed by atoms with van der Waals surface area (Å²) >= 11 is 1.38. The normalized spacial score (nSPS) is 10.3. The molecular weight excluding hydrogens is 272 g/mol. The number of ether oxygens (including phenoxy) is 1. The number of aryl methyl sites for hydroxylation is 2. The van der Waals surface area contributed by atoms with E-state index in [2.05, 4.69) is 9.97 Å². The summed E-state index contributed by atoms with van der Waals surface area (Å²) in [4.78, 5) is 9.58. The first-order chi connectivity index (χ1) is 9.49. The molecule has 1 aromatic carbocycles. The van der Waals surface area contributed by atoms with E-state index >= 15 is 0 Å². The summed E-state index contributed by atoms with van der Waals surface area (Å²) in [6, 6.07) is 7.30. The number of nitrogen functional groups attached to an aromatic ring is 1. The molecule has 0 atom stereocenters. The standard InChI is InChI=1S/C14H16N4OS/c1-8-6-9(2)18-14(17-8)20-12-7-10(19-3)4-5-11(12)13(15)16/h4-7H,1-3H3,(H3,15,16). The van der Waals surface area contributed by atoms with E-state index in [0.29, 0.717) is 16.5 Å². The molecule has 0 bridgehead atoms. The number of methoxy groups -OCH3 is 1. The molecule has 6 heteroatoms. The first kappa shape index (κ1) is 14.3. The van der Waals surface area contributed by atoms with Crippen molar-refractivity contribution in [2.24, 2.45) is 5.73 Å². The predicted molar refractivity (Wildman–Crippen MR) is 79.6 cm³/mol. The van der Waals surface area contributed by atoms with Crippen LogP contribution in [0, 0.1) is 19.3 Å². The molecule has 0 amide bonds. The average molecular weight is 288 g/mol. The van der Waals surface area contributed by atoms with Crippen LogP contribution in [0.4, 0.5) is 0 Å². The van der Waals surface area contributed by atoms with Gasteiger partial charge in [0.2, 0.25) is 0 Å². The van der Waals surface area contributed by atoms with Crippen molar-refractivity contribution in [1.29, 1.82) is 5.41 Å². The zero-order chi connectivity index (χ0) is 14.7. The predicted octanol–water partition coefficient (Wildman–Crippen LogP) is 2.54. The molecule has 104 valence electrons. The highest BCUT2D eigenvalue weighted by Gasteiger charge is 2.11. The molecule has 1 heterocycles. The average Bonchev–Trinajstić information content (AvgIpc) is 2.37. The van der Waals surface area contributed by atoms with Gasteiger partial charge in [-0.25, -0.2) is 9.97 Å². The fourth-order valence-corrected chi connectivity index (χ4v) is 2.81. The van der Waals surface area contributed by atoms with Crippen molar-refractivity contribution >= 4 is 17.6 Å². The summed E-state index contributed by atoms with van der Waals surface area (Å²) in [7, 11) is 1.60. The Morgan fingerprint density at radius 3 is 2.40 bits per heavy atom. The third kappa shape index (κ3) is 3.27. The summed E-state index contributed by atoms with van der Waals surface area (Å²) < 4.78 is 5.21. The molecule has 0 saturated heterocycles. The van der Waals surface area contributed by atoms with Crippen LogP contribution >= 0.6 is 11.8 Å². The number of rotatable bonds is 4. The van der Waals surface area contributed by atoms with Gasteiger partial charge in [0.25, 0.3) is 0 Å². The van der Waals surface area contributed by atoms with Crippen molar-refractivity contribution in [3.05, 3.63) is 41.2 Å². The lowest BCUT2D eigenvalue weighted by Crippen LogP contribution is -2.12. The molecule has 20 heavy (non-hydrogen) atoms. The van der Waals surface area contributed by atoms with Crippen LogP contribution in [0.1, 0.15) is 17.0 Å². The summed E-state index contributed by atoms with van der Waals surface area (Å²) in [5.74, 6) is 0.724. The third-order valence-electron chi connectivity index (χ3n) is 2.64. The van der Waals surface area contributed by atoms with Crippen LogP contribution in [0.3, 0.4) is 0 Å². The summed E-state index contributed by atoms with van der Waals surface area (Å²) in [6.07, 6.45) is 0. The highest BCUT2D eigenvalue weighted by atomic mass is 32.2. The molecule has 2 rings (SSSR count). The summed E-state index contributed by atoms with van der Waals surface area (Å²) in [5, 5.41) is 8.27. The maximum Gasteiger partial charge on any atom is 0.192 e. The highest BCUT2D eigenvalue weighted by Crippen LogP contribution is 2.31. The lowest BCUT2D eigenvalue weighted by molar-refractivity contribution is 0.413. The van der Waals surface area contributed by atoms with Crippen LogP contribution in [-0.4, -0.2) is 22.9 Å². The number of hydrogen-bond acceptors (Lipinski definition) is 5. The maximum atomic E-state index is 7.64. The largest absolute Gasteiger partial charge is 0.497 e. The monoisotopic (exact) mass is 288 g/mol. The van der Waals surface area contributed by atoms with Gasteiger partial charge in [-0.3, -0.25) is 5.41 Å². The van der Waals surface area contributed by atoms with Gasteiger partial charge in [-0.2, -0.15) is 0 Å². The number of aromatic nitrogens is 2. The van der Waals surface area contributed by atoms with Gasteiger partial charge < -0.3 is 10.5 Å². The quantitative estimate of drug-likeness (QED) is 0.513. The second kappa shape index (κ2) is 5.92. The Bertz CT molecular complexity index is 637. The molecule has 0 fully saturated rings. The van der Waals surface area contributed by atoms with E-state index in [0.717, 1.165) is 16.3 Å². The minimum absolute atomic E-state index is 0.0135. The van der Waals surface area contributed by atoms with Crippen LogP contribution in [0.15, 0.2) is 34.3 Å². The number of nitrogens with zero attached hydrogens (tertiary/aromatic N) is 2. The number of nitrogens with one attached hydrogen (secondary N) is 1. The van der Waals surface area contributed by atoms with Gasteiger partial charge in [-0.05, 0) is 49.9 Å². The molecule has 1 aromatic heterocycles. The van der Waals surface area contributed by atoms with E-state index in [4.69, 9.17) is 15.9 Å². The topological polar surface area (TPSA) is 84.9 Å². The Labute approximate surface area is 122 Å². The highest BCUT2D eigenvalue weighted by molar-refractivity contribution is 7.99. The van der Waals surface area contributed by atoms with Gasteiger partial charge >= 0.3 is 0 Å². The van der Waals surface area contributed by atoms with Gasteiger partial charge in [0, 0.05) is 21.8 Å². The molecule has 5 nitrogen and oxygen atoms in total. The van der Waals surface area contributed by atoms with Crippen LogP contribution in [0.25, 0.3) is 0 Å². The number of amidine groups is 1. The minimum Gasteiger partial charge on any atom is -0.497 e. The Hall–Kier alpha value is -2.08. The molecule has 0 aliphatic carbocycles. The molecule has 0 aliphatic heterocycles. The van der Waals surface area contributed by atoms with Crippen molar-refractivity contribution in [2.75, 3.05) is 7.11 Å². The van der Waals surface area contributed by atoms with Gasteiger partial charge in [-0.1, -0.05) is 0 Å². The fraction of sp³-hybridized carbons (Fsp3) is 0.214. The molecule has 0 aliphatic rings. The van der Waals surface area contributed by atoms with Gasteiger partial charge in [0.15, 0.2) is 5.16 Å². The van der Waals surface area contributed by atoms with Gasteiger partial charge in [-0.15, -0.1) is 0 Å². The molecule has 0 saturated carbocycles. The molecule has 0 unspecified atom stereocenters. The summed E-state index contributed by atoms with van der Waals surface area (Å²) in [5.41, 5.74) is 8.08. The third-order valence-corrected chi connectivity index (χ3v) is 3.56. The van der Waals surface area contributed by atoms with Gasteiger partial charge in [0.1, 0.15) is 11.6 Å². The van der Waals surface area contributed by atoms with E-state index in [1.165, 1.54) is 11.8 Å². The van der Waals surface area contributed by atoms with E-state index in [1.807, 2.05) is 26.0 Å². The van der Waals surface area contributed by atoms with Crippen LogP contribution < -0.4 is 10.5 Å². The Morgan fingerprint density at radius 2 is 1.85 bits per heavy atom. The second-order valence-corrected chi connectivity index (χ2v) is 5.32. The SMILES string of the molecule is COc1ccc(C(=N)N)c(Sc2nc(C)cc(C)n2)c1. The zero-order valence-electron chi connectivity index (χ0n) is 11.6. The number of nitrogens with two attached hydrogens (primary N) is 1. The first-order valence-electron chi connectivity index (χ1n) is 6.02. The second-order valence-electron chi connectivity index (χ2n) is 4.31. The Balaban J connectivity index is 2.42. The van der Waals surface area contributed by atoms with Crippen molar-refractivity contribution in [3.63, 3.8) is 0 Å². The van der Waals surface area contributed by atoms with Crippen molar-refractivity contribution in [1.82, 2.24) is 9.97 Å². The van der Waals surface area contributed by atoms with Crippen LogP contribution in [0.2, 0.25) is 0 Å². The van der Waals surface area contributed by atoms with E-state index in [9.17, 15) is 0 Å². The van der Waals surface area contributed by atoms with Crippen LogP contribution in [-0.2, 0) is 0 Å². The first-order valence-corrected chi connectivity index (χ1v) is 6.84. The molecule has 3 N–H and O–H groups in total.